The van der Waals surface area contributed by atoms with Gasteiger partial charge in [0.1, 0.15) is 5.78 Å². The Hall–Kier alpha value is -0.660. The largest absolute Gasteiger partial charge is 0.300 e. The molecule has 51 valence electrons. The van der Waals surface area contributed by atoms with Gasteiger partial charge >= 0.3 is 0 Å². The first-order chi connectivity index (χ1) is 3.98. The summed E-state index contributed by atoms with van der Waals surface area (Å²) in [7, 11) is 0. The van der Waals surface area contributed by atoms with Gasteiger partial charge in [0.05, 0.1) is 0 Å². The summed E-state index contributed by atoms with van der Waals surface area (Å²) in [6, 6.07) is 0. The first-order valence-electron chi connectivity index (χ1n) is 2.87. The van der Waals surface area contributed by atoms with E-state index in [-0.39, 0.29) is 12.2 Å². The maximum atomic E-state index is 10.4. The van der Waals surface area contributed by atoms with Gasteiger partial charge in [0.2, 0.25) is 6.29 Å². The van der Waals surface area contributed by atoms with Crippen LogP contribution in [-0.2, 0) is 9.59 Å². The number of hydrogen-bond donors (Lipinski definition) is 0. The average Bonchev–Trinajstić information content (AvgIpc) is 1.63. The highest BCUT2D eigenvalue weighted by Gasteiger charge is 2.19. The Kier molecular flexibility index (Phi) is 2.56. The number of ketones is 1. The predicted octanol–water partition coefficient (Wildman–Crippen LogP) is 1.10. The van der Waals surface area contributed by atoms with Crippen LogP contribution in [0.4, 0.5) is 0 Å². The number of hydrogen-bond acceptors (Lipinski definition) is 2. The van der Waals surface area contributed by atoms with Crippen molar-refractivity contribution in [1.29, 1.82) is 0 Å². The van der Waals surface area contributed by atoms with Crippen molar-refractivity contribution in [3.05, 3.63) is 0 Å². The molecule has 0 rings (SSSR count). The molecule has 0 aromatic carbocycles. The molecule has 0 heterocycles. The minimum absolute atomic E-state index is 0.0309. The Morgan fingerprint density at radius 2 is 2.00 bits per heavy atom. The quantitative estimate of drug-likeness (QED) is 0.569. The van der Waals surface area contributed by atoms with E-state index >= 15 is 0 Å². The lowest BCUT2D eigenvalue weighted by Gasteiger charge is -2.11. The van der Waals surface area contributed by atoms with Crippen LogP contribution in [-0.4, -0.2) is 12.1 Å². The summed E-state index contributed by atoms with van der Waals surface area (Å²) in [6.07, 6.45) is 2.09. The van der Waals surface area contributed by atoms with E-state index in [1.807, 2.05) is 0 Å². The van der Waals surface area contributed by atoms with Crippen LogP contribution >= 0.6 is 0 Å². The maximum absolute atomic E-state index is 10.4. The van der Waals surface area contributed by atoms with Crippen LogP contribution in [0.25, 0.3) is 0 Å². The monoisotopic (exact) mass is 127 g/mol. The summed E-state index contributed by atoms with van der Waals surface area (Å²) in [5.74, 6) is 0.0309. The fourth-order valence-corrected chi connectivity index (χ4v) is 0.658. The third-order valence-corrected chi connectivity index (χ3v) is 0.967. The van der Waals surface area contributed by atoms with Crippen LogP contribution in [0.3, 0.4) is 0 Å². The van der Waals surface area contributed by atoms with Crippen molar-refractivity contribution in [2.75, 3.05) is 0 Å². The lowest BCUT2D eigenvalue weighted by Crippen LogP contribution is -2.16. The van der Waals surface area contributed by atoms with Crippen molar-refractivity contribution in [3.8, 4) is 0 Å². The molecule has 0 aliphatic carbocycles. The Morgan fingerprint density at radius 1 is 1.56 bits per heavy atom. The summed E-state index contributed by atoms with van der Waals surface area (Å²) in [5.41, 5.74) is -0.591. The van der Waals surface area contributed by atoms with Crippen molar-refractivity contribution >= 4 is 12.1 Å². The molecule has 0 fully saturated rings. The number of rotatable bonds is 3. The van der Waals surface area contributed by atoms with Gasteiger partial charge in [0, 0.05) is 11.8 Å². The third kappa shape index (κ3) is 3.88. The smallest absolute Gasteiger partial charge is 0.204 e. The van der Waals surface area contributed by atoms with Crippen LogP contribution in [0.15, 0.2) is 0 Å². The Bertz CT molecular complexity index is 125. The zero-order chi connectivity index (χ0) is 7.49. The second kappa shape index (κ2) is 2.76. The van der Waals surface area contributed by atoms with Crippen molar-refractivity contribution in [1.82, 2.24) is 0 Å². The van der Waals surface area contributed by atoms with E-state index < -0.39 is 5.41 Å². The fourth-order valence-electron chi connectivity index (χ4n) is 0.658. The number of carbonyl (C=O) groups is 1. The molecule has 0 saturated carbocycles. The molecule has 0 amide bonds. The van der Waals surface area contributed by atoms with Crippen LogP contribution in [0.2, 0.25) is 0 Å². The molecule has 0 bridgehead atoms. The van der Waals surface area contributed by atoms with Gasteiger partial charge in [0.15, 0.2) is 0 Å². The van der Waals surface area contributed by atoms with Gasteiger partial charge in [-0.3, -0.25) is 9.59 Å². The zero-order valence-corrected chi connectivity index (χ0v) is 6.02. The van der Waals surface area contributed by atoms with Gasteiger partial charge in [-0.2, -0.15) is 0 Å². The lowest BCUT2D eigenvalue weighted by atomic mass is 9.90. The molecule has 0 N–H and O–H groups in total. The molecule has 0 atom stereocenters. The van der Waals surface area contributed by atoms with Gasteiger partial charge < -0.3 is 0 Å². The first-order valence-corrected chi connectivity index (χ1v) is 2.87. The van der Waals surface area contributed by atoms with E-state index in [1.165, 1.54) is 6.92 Å². The summed E-state index contributed by atoms with van der Waals surface area (Å²) in [5, 5.41) is 0. The second-order valence-corrected chi connectivity index (χ2v) is 2.86. The first kappa shape index (κ1) is 8.34. The highest BCUT2D eigenvalue weighted by Crippen LogP contribution is 2.15. The molecule has 2 nitrogen and oxygen atoms in total. The van der Waals surface area contributed by atoms with Crippen molar-refractivity contribution in [2.24, 2.45) is 5.41 Å². The summed E-state index contributed by atoms with van der Waals surface area (Å²) in [4.78, 5) is 20.5. The molecule has 0 aromatic rings. The molecule has 9 heavy (non-hydrogen) atoms. The summed E-state index contributed by atoms with van der Waals surface area (Å²) in [6.45, 7) is 4.86. The van der Waals surface area contributed by atoms with Crippen LogP contribution < -0.4 is 0 Å². The highest BCUT2D eigenvalue weighted by molar-refractivity contribution is 5.80. The van der Waals surface area contributed by atoms with E-state index in [1.54, 1.807) is 20.1 Å². The van der Waals surface area contributed by atoms with Crippen molar-refractivity contribution < 1.29 is 9.59 Å². The summed E-state index contributed by atoms with van der Waals surface area (Å²) >= 11 is 0. The molecule has 0 aliphatic heterocycles. The maximum Gasteiger partial charge on any atom is 0.204 e. The van der Waals surface area contributed by atoms with Gasteiger partial charge in [-0.05, 0) is 6.92 Å². The Balaban J connectivity index is 3.86. The Labute approximate surface area is 55.3 Å². The van der Waals surface area contributed by atoms with Crippen molar-refractivity contribution in [2.45, 2.75) is 27.2 Å². The van der Waals surface area contributed by atoms with E-state index in [9.17, 15) is 9.59 Å². The van der Waals surface area contributed by atoms with Crippen LogP contribution in [0, 0.1) is 5.41 Å². The van der Waals surface area contributed by atoms with Gasteiger partial charge in [-0.15, -0.1) is 0 Å². The minimum Gasteiger partial charge on any atom is -0.300 e. The zero-order valence-electron chi connectivity index (χ0n) is 6.02. The number of Topliss-reactive ketones (excluding diaryl/α,β-unsaturated/α-hetero) is 1. The van der Waals surface area contributed by atoms with E-state index in [4.69, 9.17) is 0 Å². The second-order valence-electron chi connectivity index (χ2n) is 2.86. The van der Waals surface area contributed by atoms with Gasteiger partial charge in [-0.1, -0.05) is 13.8 Å². The molecule has 0 saturated heterocycles. The SMILES string of the molecule is CC(=O)CC(C)(C)[C]=O. The Morgan fingerprint density at radius 3 is 2.11 bits per heavy atom. The normalized spacial score (nSPS) is 11.0. The molecule has 1 radical (unpaired) electrons. The van der Waals surface area contributed by atoms with Crippen LogP contribution in [0.5, 0.6) is 0 Å². The molecule has 0 unspecified atom stereocenters. The van der Waals surface area contributed by atoms with Crippen LogP contribution in [0.1, 0.15) is 27.2 Å². The molecule has 0 aliphatic rings. The van der Waals surface area contributed by atoms with Crippen molar-refractivity contribution in [3.63, 3.8) is 0 Å². The molecule has 2 heteroatoms. The average molecular weight is 127 g/mol. The van der Waals surface area contributed by atoms with E-state index in [0.29, 0.717) is 0 Å². The topological polar surface area (TPSA) is 34.1 Å². The highest BCUT2D eigenvalue weighted by atomic mass is 16.1. The molecular weight excluding hydrogens is 116 g/mol. The predicted molar refractivity (Wildman–Crippen MR) is 34.8 cm³/mol. The van der Waals surface area contributed by atoms with E-state index in [0.717, 1.165) is 0 Å². The fraction of sp³-hybridized carbons (Fsp3) is 0.714. The molecular formula is C7H11O2. The number of carbonyl (C=O) groups excluding carboxylic acids is 2. The molecule has 0 aromatic heterocycles. The standard InChI is InChI=1S/C7H11O2/c1-6(9)4-7(2,3)5-8/h4H2,1-3H3. The summed E-state index contributed by atoms with van der Waals surface area (Å²) < 4.78 is 0. The van der Waals surface area contributed by atoms with E-state index in [2.05, 4.69) is 0 Å². The van der Waals surface area contributed by atoms with Gasteiger partial charge in [0.25, 0.3) is 0 Å². The lowest BCUT2D eigenvalue weighted by molar-refractivity contribution is -0.118. The van der Waals surface area contributed by atoms with Gasteiger partial charge in [-0.25, -0.2) is 0 Å². The minimum atomic E-state index is -0.591. The third-order valence-electron chi connectivity index (χ3n) is 0.967. The molecule has 0 spiro atoms.